The number of carbonyl (C=O) groups is 1. The van der Waals surface area contributed by atoms with Gasteiger partial charge in [-0.2, -0.15) is 5.10 Å². The van der Waals surface area contributed by atoms with Crippen molar-refractivity contribution in [2.75, 3.05) is 0 Å². The quantitative estimate of drug-likeness (QED) is 0.585. The van der Waals surface area contributed by atoms with Crippen LogP contribution in [-0.4, -0.2) is 25.6 Å². The molecule has 116 valence electrons. The Kier molecular flexibility index (Phi) is 3.37. The molecule has 23 heavy (non-hydrogen) atoms. The Morgan fingerprint density at radius 2 is 2.09 bits per heavy atom. The van der Waals surface area contributed by atoms with Crippen LogP contribution in [0.15, 0.2) is 42.7 Å². The lowest BCUT2D eigenvalue weighted by atomic mass is 10.2. The van der Waals surface area contributed by atoms with Crippen molar-refractivity contribution < 1.29 is 24.0 Å². The van der Waals surface area contributed by atoms with Crippen molar-refractivity contribution in [2.45, 2.75) is 0 Å². The van der Waals surface area contributed by atoms with Crippen LogP contribution in [0.5, 0.6) is 11.5 Å². The van der Waals surface area contributed by atoms with Gasteiger partial charge in [0.1, 0.15) is 5.52 Å². The van der Waals surface area contributed by atoms with E-state index in [1.54, 1.807) is 6.07 Å². The Hall–Kier alpha value is -3.49. The van der Waals surface area contributed by atoms with Gasteiger partial charge in [-0.05, 0) is 18.2 Å². The van der Waals surface area contributed by atoms with Crippen molar-refractivity contribution in [3.05, 3.63) is 64.2 Å². The number of ether oxygens (including phenoxy) is 1. The number of hydrogen-bond donors (Lipinski definition) is 1. The lowest BCUT2D eigenvalue weighted by molar-refractivity contribution is -0.385. The summed E-state index contributed by atoms with van der Waals surface area (Å²) in [5.41, 5.74) is -0.0880. The van der Waals surface area contributed by atoms with E-state index in [0.29, 0.717) is 5.52 Å². The molecule has 0 atom stereocenters. The highest BCUT2D eigenvalue weighted by Crippen LogP contribution is 2.30. The molecular weight excluding hydrogens is 309 g/mol. The summed E-state index contributed by atoms with van der Waals surface area (Å²) in [5.74, 6) is -2.33. The van der Waals surface area contributed by atoms with Gasteiger partial charge in [0.2, 0.25) is 0 Å². The van der Waals surface area contributed by atoms with E-state index in [-0.39, 0.29) is 17.1 Å². The van der Waals surface area contributed by atoms with Crippen LogP contribution in [0.1, 0.15) is 10.4 Å². The number of hydrogen-bond acceptors (Lipinski definition) is 5. The van der Waals surface area contributed by atoms with Crippen LogP contribution in [0, 0.1) is 15.9 Å². The third-order valence-electron chi connectivity index (χ3n) is 3.06. The van der Waals surface area contributed by atoms with Crippen LogP contribution in [-0.2, 0) is 0 Å². The first-order valence-electron chi connectivity index (χ1n) is 6.28. The van der Waals surface area contributed by atoms with Gasteiger partial charge in [-0.3, -0.25) is 10.1 Å². The van der Waals surface area contributed by atoms with Gasteiger partial charge in [-0.25, -0.2) is 13.7 Å². The Labute approximate surface area is 127 Å². The van der Waals surface area contributed by atoms with Gasteiger partial charge < -0.3 is 9.84 Å². The lowest BCUT2D eigenvalue weighted by Crippen LogP contribution is -2.02. The molecule has 1 aromatic carbocycles. The predicted octanol–water partition coefficient (Wildman–Crippen LogP) is 2.87. The molecule has 0 aliphatic rings. The lowest BCUT2D eigenvalue weighted by Gasteiger charge is -2.09. The molecule has 0 bridgehead atoms. The number of carboxylic acid groups (broad SMARTS) is 1. The van der Waals surface area contributed by atoms with Crippen molar-refractivity contribution in [3.63, 3.8) is 0 Å². The molecule has 1 N–H and O–H groups in total. The number of rotatable bonds is 4. The molecule has 0 saturated heterocycles. The Balaban J connectivity index is 2.06. The highest BCUT2D eigenvalue weighted by molar-refractivity contribution is 5.88. The number of aromatic carboxylic acids is 1. The van der Waals surface area contributed by atoms with E-state index in [1.807, 2.05) is 0 Å². The third-order valence-corrected chi connectivity index (χ3v) is 3.06. The van der Waals surface area contributed by atoms with Crippen molar-refractivity contribution >= 4 is 17.2 Å². The number of halogens is 1. The molecule has 0 spiro atoms. The number of nitro groups is 1. The summed E-state index contributed by atoms with van der Waals surface area (Å²) < 4.78 is 20.6. The maximum atomic E-state index is 13.9. The standard InChI is InChI=1S/C14H8FN3O5/c15-10-6-9(18(21)22)1-2-12(10)23-13-5-8(14(19)20)7-17-11(13)3-4-16-17/h1-7H,(H,19,20). The number of fused-ring (bicyclic) bond motifs is 1. The summed E-state index contributed by atoms with van der Waals surface area (Å²) in [6, 6.07) is 5.70. The highest BCUT2D eigenvalue weighted by atomic mass is 19.1. The van der Waals surface area contributed by atoms with E-state index < -0.39 is 22.4 Å². The zero-order valence-electron chi connectivity index (χ0n) is 11.3. The van der Waals surface area contributed by atoms with Gasteiger partial charge in [0.15, 0.2) is 17.3 Å². The van der Waals surface area contributed by atoms with Gasteiger partial charge in [0, 0.05) is 12.3 Å². The molecule has 0 saturated carbocycles. The van der Waals surface area contributed by atoms with E-state index in [4.69, 9.17) is 9.84 Å². The summed E-state index contributed by atoms with van der Waals surface area (Å²) in [6.45, 7) is 0. The second kappa shape index (κ2) is 5.37. The van der Waals surface area contributed by atoms with Crippen molar-refractivity contribution in [2.24, 2.45) is 0 Å². The second-order valence-corrected chi connectivity index (χ2v) is 4.53. The minimum absolute atomic E-state index is 0.0650. The molecule has 0 unspecified atom stereocenters. The van der Waals surface area contributed by atoms with Gasteiger partial charge >= 0.3 is 5.97 Å². The van der Waals surface area contributed by atoms with Crippen LogP contribution in [0.4, 0.5) is 10.1 Å². The van der Waals surface area contributed by atoms with E-state index in [1.165, 1.54) is 23.0 Å². The van der Waals surface area contributed by atoms with Gasteiger partial charge in [-0.15, -0.1) is 0 Å². The summed E-state index contributed by atoms with van der Waals surface area (Å²) >= 11 is 0. The molecule has 0 aliphatic carbocycles. The minimum Gasteiger partial charge on any atom is -0.478 e. The first kappa shape index (κ1) is 14.4. The van der Waals surface area contributed by atoms with E-state index in [0.717, 1.165) is 18.2 Å². The number of pyridine rings is 1. The molecule has 2 heterocycles. The molecule has 0 radical (unpaired) electrons. The second-order valence-electron chi connectivity index (χ2n) is 4.53. The average molecular weight is 317 g/mol. The number of carboxylic acids is 1. The zero-order chi connectivity index (χ0) is 16.6. The molecule has 0 aliphatic heterocycles. The molecule has 0 fully saturated rings. The molecule has 9 heteroatoms. The highest BCUT2D eigenvalue weighted by Gasteiger charge is 2.16. The topological polar surface area (TPSA) is 107 Å². The van der Waals surface area contributed by atoms with Crippen LogP contribution in [0.25, 0.3) is 5.52 Å². The average Bonchev–Trinajstić information content (AvgIpc) is 2.97. The number of benzene rings is 1. The fourth-order valence-corrected chi connectivity index (χ4v) is 2.00. The number of nitrogens with zero attached hydrogens (tertiary/aromatic N) is 3. The maximum absolute atomic E-state index is 13.9. The summed E-state index contributed by atoms with van der Waals surface area (Å²) in [6.07, 6.45) is 2.72. The predicted molar refractivity (Wildman–Crippen MR) is 75.3 cm³/mol. The third kappa shape index (κ3) is 2.67. The normalized spacial score (nSPS) is 10.7. The Morgan fingerprint density at radius 1 is 1.30 bits per heavy atom. The fourth-order valence-electron chi connectivity index (χ4n) is 2.00. The Morgan fingerprint density at radius 3 is 2.74 bits per heavy atom. The van der Waals surface area contributed by atoms with E-state index in [2.05, 4.69) is 5.10 Å². The minimum atomic E-state index is -1.20. The van der Waals surface area contributed by atoms with Crippen LogP contribution < -0.4 is 4.74 Å². The summed E-state index contributed by atoms with van der Waals surface area (Å²) in [7, 11) is 0. The largest absolute Gasteiger partial charge is 0.478 e. The van der Waals surface area contributed by atoms with Crippen molar-refractivity contribution in [1.82, 2.24) is 9.61 Å². The first-order valence-corrected chi connectivity index (χ1v) is 6.28. The maximum Gasteiger partial charge on any atom is 0.337 e. The monoisotopic (exact) mass is 317 g/mol. The van der Waals surface area contributed by atoms with Gasteiger partial charge in [0.05, 0.1) is 22.7 Å². The molecular formula is C14H8FN3O5. The molecule has 2 aromatic heterocycles. The summed E-state index contributed by atoms with van der Waals surface area (Å²) in [4.78, 5) is 21.0. The van der Waals surface area contributed by atoms with Crippen LogP contribution in [0.3, 0.4) is 0 Å². The van der Waals surface area contributed by atoms with Gasteiger partial charge in [0.25, 0.3) is 5.69 Å². The van der Waals surface area contributed by atoms with Gasteiger partial charge in [-0.1, -0.05) is 0 Å². The number of aromatic nitrogens is 2. The Bertz CT molecular complexity index is 937. The molecule has 3 rings (SSSR count). The molecule has 3 aromatic rings. The van der Waals surface area contributed by atoms with E-state index in [9.17, 15) is 19.3 Å². The van der Waals surface area contributed by atoms with Crippen molar-refractivity contribution in [3.8, 4) is 11.5 Å². The van der Waals surface area contributed by atoms with E-state index >= 15 is 0 Å². The molecule has 8 nitrogen and oxygen atoms in total. The van der Waals surface area contributed by atoms with Crippen LogP contribution >= 0.6 is 0 Å². The molecule has 0 amide bonds. The zero-order valence-corrected chi connectivity index (χ0v) is 11.3. The number of non-ortho nitro benzene ring substituents is 1. The SMILES string of the molecule is O=C(O)c1cc(Oc2ccc([N+](=O)[O-])cc2F)c2ccnn2c1. The fraction of sp³-hybridized carbons (Fsp3) is 0. The number of nitro benzene ring substituents is 1. The smallest absolute Gasteiger partial charge is 0.337 e. The van der Waals surface area contributed by atoms with Crippen LogP contribution in [0.2, 0.25) is 0 Å². The summed E-state index contributed by atoms with van der Waals surface area (Å²) in [5, 5.41) is 23.6. The van der Waals surface area contributed by atoms with Crippen molar-refractivity contribution in [1.29, 1.82) is 0 Å². The first-order chi connectivity index (χ1) is 11.0.